The van der Waals surface area contributed by atoms with Gasteiger partial charge < -0.3 is 14.6 Å². The zero-order valence-electron chi connectivity index (χ0n) is 17.7. The van der Waals surface area contributed by atoms with E-state index >= 15 is 0 Å². The highest BCUT2D eigenvalue weighted by Gasteiger charge is 2.46. The molecule has 6 nitrogen and oxygen atoms in total. The van der Waals surface area contributed by atoms with Crippen molar-refractivity contribution < 1.29 is 9.90 Å². The summed E-state index contributed by atoms with van der Waals surface area (Å²) < 4.78 is 1.83. The summed E-state index contributed by atoms with van der Waals surface area (Å²) in [6.07, 6.45) is 1.58. The third-order valence-electron chi connectivity index (χ3n) is 6.31. The van der Waals surface area contributed by atoms with Crippen LogP contribution in [0, 0.1) is 0 Å². The van der Waals surface area contributed by atoms with Crippen molar-refractivity contribution in [2.75, 3.05) is 27.2 Å². The smallest absolute Gasteiger partial charge is 0.272 e. The molecule has 4 rings (SSSR count). The topological polar surface area (TPSA) is 61.6 Å². The standard InChI is InChI=1S/C24H28N4O2/c1-26(2)24(19-12-8-5-9-13-19)14-15-28(17-21(24)29)23(30)20-16-25-22(27(20)3)18-10-6-4-7-11-18/h4-13,16,21,29H,14-15,17H2,1-3H3/t21-,24+/m1/s1. The molecule has 6 heteroatoms. The minimum atomic E-state index is -0.700. The van der Waals surface area contributed by atoms with E-state index < -0.39 is 11.6 Å². The van der Waals surface area contributed by atoms with Crippen molar-refractivity contribution in [3.8, 4) is 11.4 Å². The van der Waals surface area contributed by atoms with E-state index in [0.29, 0.717) is 18.7 Å². The molecule has 1 N–H and O–H groups in total. The van der Waals surface area contributed by atoms with Crippen LogP contribution in [0.4, 0.5) is 0 Å². The number of carbonyl (C=O) groups is 1. The van der Waals surface area contributed by atoms with E-state index in [-0.39, 0.29) is 12.5 Å². The van der Waals surface area contributed by atoms with Crippen LogP contribution in [-0.2, 0) is 12.6 Å². The third-order valence-corrected chi connectivity index (χ3v) is 6.31. The molecule has 1 amide bonds. The quantitative estimate of drug-likeness (QED) is 0.726. The molecule has 0 radical (unpaired) electrons. The number of hydrogen-bond donors (Lipinski definition) is 1. The van der Waals surface area contributed by atoms with E-state index in [9.17, 15) is 9.90 Å². The van der Waals surface area contributed by atoms with Gasteiger partial charge in [-0.25, -0.2) is 4.98 Å². The molecule has 0 spiro atoms. The summed E-state index contributed by atoms with van der Waals surface area (Å²) in [5, 5.41) is 11.2. The number of benzene rings is 2. The number of aliphatic hydroxyl groups excluding tert-OH is 1. The van der Waals surface area contributed by atoms with E-state index in [4.69, 9.17) is 0 Å². The number of hydrogen-bond acceptors (Lipinski definition) is 4. The third kappa shape index (κ3) is 3.32. The fourth-order valence-corrected chi connectivity index (χ4v) is 4.58. The van der Waals surface area contributed by atoms with Gasteiger partial charge in [-0.3, -0.25) is 9.69 Å². The van der Waals surface area contributed by atoms with Crippen LogP contribution in [0.3, 0.4) is 0 Å². The van der Waals surface area contributed by atoms with Crippen LogP contribution >= 0.6 is 0 Å². The highest BCUT2D eigenvalue weighted by molar-refractivity contribution is 5.93. The molecule has 2 atom stereocenters. The minimum Gasteiger partial charge on any atom is -0.389 e. The molecular formula is C24H28N4O2. The van der Waals surface area contributed by atoms with Crippen molar-refractivity contribution in [1.29, 1.82) is 0 Å². The Bertz CT molecular complexity index is 1020. The molecule has 1 saturated heterocycles. The summed E-state index contributed by atoms with van der Waals surface area (Å²) in [5.74, 6) is 0.648. The minimum absolute atomic E-state index is 0.105. The maximum Gasteiger partial charge on any atom is 0.272 e. The van der Waals surface area contributed by atoms with Crippen molar-refractivity contribution in [3.63, 3.8) is 0 Å². The number of aliphatic hydroxyl groups is 1. The Morgan fingerprint density at radius 2 is 1.73 bits per heavy atom. The zero-order chi connectivity index (χ0) is 21.3. The number of piperidine rings is 1. The molecule has 1 aromatic heterocycles. The lowest BCUT2D eigenvalue weighted by Crippen LogP contribution is -2.61. The van der Waals surface area contributed by atoms with Gasteiger partial charge in [0.2, 0.25) is 0 Å². The Morgan fingerprint density at radius 1 is 1.10 bits per heavy atom. The highest BCUT2D eigenvalue weighted by atomic mass is 16.3. The van der Waals surface area contributed by atoms with E-state index in [1.165, 1.54) is 0 Å². The van der Waals surface area contributed by atoms with Crippen LogP contribution in [0.1, 0.15) is 22.5 Å². The molecule has 30 heavy (non-hydrogen) atoms. The lowest BCUT2D eigenvalue weighted by molar-refractivity contribution is -0.0613. The maximum absolute atomic E-state index is 13.3. The molecule has 1 aliphatic heterocycles. The van der Waals surface area contributed by atoms with Crippen LogP contribution in [-0.4, -0.2) is 63.7 Å². The number of aromatic nitrogens is 2. The SMILES string of the molecule is CN(C)[C@]1(c2ccccc2)CCN(C(=O)c2cnc(-c3ccccc3)n2C)C[C@H]1O. The normalized spacial score (nSPS) is 21.8. The number of likely N-dealkylation sites (N-methyl/N-ethyl adjacent to an activating group) is 1. The summed E-state index contributed by atoms with van der Waals surface area (Å²) in [6, 6.07) is 19.9. The predicted octanol–water partition coefficient (Wildman–Crippen LogP) is 2.75. The second kappa shape index (κ2) is 8.05. The fourth-order valence-electron chi connectivity index (χ4n) is 4.58. The van der Waals surface area contributed by atoms with Crippen molar-refractivity contribution in [2.45, 2.75) is 18.1 Å². The molecule has 0 saturated carbocycles. The van der Waals surface area contributed by atoms with E-state index in [0.717, 1.165) is 17.0 Å². The summed E-state index contributed by atoms with van der Waals surface area (Å²) >= 11 is 0. The number of carbonyl (C=O) groups excluding carboxylic acids is 1. The second-order valence-electron chi connectivity index (χ2n) is 8.09. The first-order valence-corrected chi connectivity index (χ1v) is 10.2. The Kier molecular flexibility index (Phi) is 5.45. The van der Waals surface area contributed by atoms with Gasteiger partial charge in [-0.15, -0.1) is 0 Å². The first kappa shape index (κ1) is 20.3. The lowest BCUT2D eigenvalue weighted by atomic mass is 9.77. The molecule has 0 aliphatic carbocycles. The molecule has 1 fully saturated rings. The largest absolute Gasteiger partial charge is 0.389 e. The number of nitrogens with zero attached hydrogens (tertiary/aromatic N) is 4. The van der Waals surface area contributed by atoms with E-state index in [2.05, 4.69) is 9.88 Å². The molecule has 156 valence electrons. The lowest BCUT2D eigenvalue weighted by Gasteiger charge is -2.49. The van der Waals surface area contributed by atoms with Crippen molar-refractivity contribution in [3.05, 3.63) is 78.1 Å². The molecule has 2 heterocycles. The van der Waals surface area contributed by atoms with Crippen molar-refractivity contribution in [2.24, 2.45) is 7.05 Å². The summed E-state index contributed by atoms with van der Waals surface area (Å²) in [4.78, 5) is 21.6. The van der Waals surface area contributed by atoms with Gasteiger partial charge in [-0.2, -0.15) is 0 Å². The van der Waals surface area contributed by atoms with Crippen LogP contribution < -0.4 is 0 Å². The van der Waals surface area contributed by atoms with Crippen molar-refractivity contribution in [1.82, 2.24) is 19.4 Å². The molecule has 0 bridgehead atoms. The highest BCUT2D eigenvalue weighted by Crippen LogP contribution is 2.38. The van der Waals surface area contributed by atoms with Gasteiger partial charge >= 0.3 is 0 Å². The Morgan fingerprint density at radius 3 is 2.33 bits per heavy atom. The number of amides is 1. The second-order valence-corrected chi connectivity index (χ2v) is 8.09. The van der Waals surface area contributed by atoms with Crippen LogP contribution in [0.15, 0.2) is 66.9 Å². The van der Waals surface area contributed by atoms with Gasteiger partial charge in [0.15, 0.2) is 0 Å². The number of β-amino-alcohol motifs (C(OH)–C–C–N with tert-alkyl or cyclic N) is 1. The summed E-state index contributed by atoms with van der Waals surface area (Å²) in [7, 11) is 5.83. The van der Waals surface area contributed by atoms with Crippen LogP contribution in [0.2, 0.25) is 0 Å². The van der Waals surface area contributed by atoms with E-state index in [1.807, 2.05) is 86.4 Å². The number of rotatable bonds is 4. The molecular weight excluding hydrogens is 376 g/mol. The summed E-state index contributed by atoms with van der Waals surface area (Å²) in [5.41, 5.74) is 2.05. The number of likely N-dealkylation sites (tertiary alicyclic amines) is 1. The van der Waals surface area contributed by atoms with Gasteiger partial charge in [0, 0.05) is 25.7 Å². The maximum atomic E-state index is 13.3. The Labute approximate surface area is 177 Å². The van der Waals surface area contributed by atoms with Gasteiger partial charge in [-0.1, -0.05) is 60.7 Å². The first-order chi connectivity index (χ1) is 14.4. The number of imidazole rings is 1. The molecule has 1 aliphatic rings. The van der Waals surface area contributed by atoms with Gasteiger partial charge in [0.05, 0.1) is 17.8 Å². The van der Waals surface area contributed by atoms with Gasteiger partial charge in [0.1, 0.15) is 11.5 Å². The fraction of sp³-hybridized carbons (Fsp3) is 0.333. The summed E-state index contributed by atoms with van der Waals surface area (Å²) in [6.45, 7) is 0.840. The van der Waals surface area contributed by atoms with Crippen LogP contribution in [0.25, 0.3) is 11.4 Å². The predicted molar refractivity (Wildman–Crippen MR) is 117 cm³/mol. The van der Waals surface area contributed by atoms with Gasteiger partial charge in [0.25, 0.3) is 5.91 Å². The average molecular weight is 405 g/mol. The molecule has 2 aromatic carbocycles. The Hall–Kier alpha value is -2.96. The first-order valence-electron chi connectivity index (χ1n) is 10.2. The van der Waals surface area contributed by atoms with Crippen LogP contribution in [0.5, 0.6) is 0 Å². The molecule has 0 unspecified atom stereocenters. The molecule has 3 aromatic rings. The average Bonchev–Trinajstić information content (AvgIpc) is 3.15. The Balaban J connectivity index is 1.58. The van der Waals surface area contributed by atoms with Gasteiger partial charge in [-0.05, 0) is 26.1 Å². The van der Waals surface area contributed by atoms with Crippen molar-refractivity contribution >= 4 is 5.91 Å². The van der Waals surface area contributed by atoms with E-state index in [1.54, 1.807) is 11.1 Å². The zero-order valence-corrected chi connectivity index (χ0v) is 17.7. The monoisotopic (exact) mass is 404 g/mol.